The predicted octanol–water partition coefficient (Wildman–Crippen LogP) is 1.21. The molecule has 0 bridgehead atoms. The second-order valence-corrected chi connectivity index (χ2v) is 3.46. The van der Waals surface area contributed by atoms with Gasteiger partial charge in [0.15, 0.2) is 5.60 Å². The Labute approximate surface area is 85.2 Å². The summed E-state index contributed by atoms with van der Waals surface area (Å²) in [5.41, 5.74) is 4.91. The number of rotatable bonds is 2. The Morgan fingerprint density at radius 2 is 2.36 bits per heavy atom. The van der Waals surface area contributed by atoms with E-state index in [0.29, 0.717) is 5.69 Å². The number of primary amides is 1. The van der Waals surface area contributed by atoms with Crippen LogP contribution in [-0.2, 0) is 10.3 Å². The van der Waals surface area contributed by atoms with Gasteiger partial charge in [0, 0.05) is 6.20 Å². The molecule has 1 heterocycles. The van der Waals surface area contributed by atoms with Crippen LogP contribution in [0.15, 0.2) is 12.3 Å². The molecule has 5 nitrogen and oxygen atoms in total. The van der Waals surface area contributed by atoms with Gasteiger partial charge in [0.25, 0.3) is 0 Å². The first-order chi connectivity index (χ1) is 6.62. The normalized spacial score (nSPS) is 17.5. The van der Waals surface area contributed by atoms with E-state index in [1.54, 1.807) is 6.07 Å². The van der Waals surface area contributed by atoms with E-state index in [4.69, 9.17) is 22.1 Å². The van der Waals surface area contributed by atoms with Gasteiger partial charge in [-0.1, -0.05) is 0 Å². The highest BCUT2D eigenvalue weighted by atomic mass is 35.5. The molecule has 14 heavy (non-hydrogen) atoms. The van der Waals surface area contributed by atoms with Gasteiger partial charge >= 0.3 is 6.09 Å². The molecule has 1 saturated carbocycles. The molecular formula is C8H8ClN3O2. The van der Waals surface area contributed by atoms with Crippen LogP contribution < -0.4 is 5.73 Å². The number of hydrogen-bond donors (Lipinski definition) is 1. The van der Waals surface area contributed by atoms with Crippen LogP contribution in [0.1, 0.15) is 18.5 Å². The van der Waals surface area contributed by atoms with E-state index in [1.165, 1.54) is 6.20 Å². The minimum absolute atomic E-state index is 0.141. The summed E-state index contributed by atoms with van der Waals surface area (Å²) >= 11 is 5.62. The molecule has 0 aliphatic heterocycles. The van der Waals surface area contributed by atoms with Crippen LogP contribution in [0.3, 0.4) is 0 Å². The van der Waals surface area contributed by atoms with Crippen LogP contribution in [0.25, 0.3) is 0 Å². The molecule has 0 aromatic carbocycles. The molecule has 6 heteroatoms. The van der Waals surface area contributed by atoms with E-state index in [0.717, 1.165) is 12.8 Å². The highest BCUT2D eigenvalue weighted by Crippen LogP contribution is 2.48. The van der Waals surface area contributed by atoms with Crippen molar-refractivity contribution in [1.29, 1.82) is 0 Å². The smallest absolute Gasteiger partial charge is 0.405 e. The third-order valence-electron chi connectivity index (χ3n) is 2.09. The zero-order valence-electron chi connectivity index (χ0n) is 7.24. The monoisotopic (exact) mass is 213 g/mol. The molecule has 0 unspecified atom stereocenters. The van der Waals surface area contributed by atoms with E-state index < -0.39 is 11.7 Å². The van der Waals surface area contributed by atoms with Gasteiger partial charge in [0.1, 0.15) is 0 Å². The zero-order valence-corrected chi connectivity index (χ0v) is 7.99. The fourth-order valence-corrected chi connectivity index (χ4v) is 1.45. The molecule has 2 N–H and O–H groups in total. The topological polar surface area (TPSA) is 78.1 Å². The number of ether oxygens (including phenoxy) is 1. The van der Waals surface area contributed by atoms with Crippen LogP contribution in [0.5, 0.6) is 0 Å². The lowest BCUT2D eigenvalue weighted by Crippen LogP contribution is -2.23. The average Bonchev–Trinajstić information content (AvgIpc) is 2.84. The second-order valence-electron chi connectivity index (χ2n) is 3.13. The summed E-state index contributed by atoms with van der Waals surface area (Å²) in [5, 5.41) is 0.141. The van der Waals surface area contributed by atoms with Crippen LogP contribution in [0.2, 0.25) is 5.28 Å². The number of carbonyl (C=O) groups excluding carboxylic acids is 1. The Bertz CT molecular complexity index is 379. The fourth-order valence-electron chi connectivity index (χ4n) is 1.31. The summed E-state index contributed by atoms with van der Waals surface area (Å²) in [6.07, 6.45) is 2.18. The molecular weight excluding hydrogens is 206 g/mol. The standard InChI is InChI=1S/C8H8ClN3O2/c9-6-11-4-1-5(12-6)8(2-3-8)14-7(10)13/h1,4H,2-3H2,(H2,10,13). The average molecular weight is 214 g/mol. The molecule has 1 amide bonds. The van der Waals surface area contributed by atoms with E-state index in [1.807, 2.05) is 0 Å². The van der Waals surface area contributed by atoms with Crippen molar-refractivity contribution < 1.29 is 9.53 Å². The van der Waals surface area contributed by atoms with Crippen LogP contribution in [-0.4, -0.2) is 16.1 Å². The fraction of sp³-hybridized carbons (Fsp3) is 0.375. The Morgan fingerprint density at radius 3 is 2.86 bits per heavy atom. The van der Waals surface area contributed by atoms with Crippen molar-refractivity contribution >= 4 is 17.7 Å². The lowest BCUT2D eigenvalue weighted by molar-refractivity contribution is 0.0871. The minimum atomic E-state index is -0.794. The van der Waals surface area contributed by atoms with Gasteiger partial charge in [0.2, 0.25) is 5.28 Å². The highest BCUT2D eigenvalue weighted by molar-refractivity contribution is 6.28. The minimum Gasteiger partial charge on any atom is -0.437 e. The number of aromatic nitrogens is 2. The molecule has 1 aromatic rings. The third-order valence-corrected chi connectivity index (χ3v) is 2.28. The Hall–Kier alpha value is -1.36. The predicted molar refractivity (Wildman–Crippen MR) is 48.6 cm³/mol. The highest BCUT2D eigenvalue weighted by Gasteiger charge is 2.50. The first-order valence-corrected chi connectivity index (χ1v) is 4.48. The summed E-state index contributed by atoms with van der Waals surface area (Å²) in [6, 6.07) is 1.67. The van der Waals surface area contributed by atoms with Crippen molar-refractivity contribution in [3.8, 4) is 0 Å². The quantitative estimate of drug-likeness (QED) is 0.749. The van der Waals surface area contributed by atoms with E-state index >= 15 is 0 Å². The molecule has 1 aliphatic rings. The summed E-state index contributed by atoms with van der Waals surface area (Å²) in [5.74, 6) is 0. The number of hydrogen-bond acceptors (Lipinski definition) is 4. The largest absolute Gasteiger partial charge is 0.437 e. The Balaban J connectivity index is 2.26. The number of nitrogens with zero attached hydrogens (tertiary/aromatic N) is 2. The van der Waals surface area contributed by atoms with Crippen molar-refractivity contribution in [2.24, 2.45) is 5.73 Å². The molecule has 0 spiro atoms. The summed E-state index contributed by atoms with van der Waals surface area (Å²) in [4.78, 5) is 18.4. The molecule has 1 fully saturated rings. The molecule has 0 radical (unpaired) electrons. The number of carbonyl (C=O) groups is 1. The summed E-state index contributed by atoms with van der Waals surface area (Å²) in [7, 11) is 0. The molecule has 74 valence electrons. The maximum atomic E-state index is 10.6. The number of halogens is 1. The van der Waals surface area contributed by atoms with Gasteiger partial charge in [-0.05, 0) is 30.5 Å². The number of nitrogens with two attached hydrogens (primary N) is 1. The third kappa shape index (κ3) is 1.63. The van der Waals surface area contributed by atoms with E-state index in [-0.39, 0.29) is 5.28 Å². The van der Waals surface area contributed by atoms with Gasteiger partial charge in [-0.3, -0.25) is 0 Å². The maximum absolute atomic E-state index is 10.6. The van der Waals surface area contributed by atoms with E-state index in [2.05, 4.69) is 9.97 Å². The van der Waals surface area contributed by atoms with Gasteiger partial charge < -0.3 is 10.5 Å². The van der Waals surface area contributed by atoms with Gasteiger partial charge in [-0.2, -0.15) is 0 Å². The van der Waals surface area contributed by atoms with Crippen LogP contribution in [0, 0.1) is 0 Å². The molecule has 0 atom stereocenters. The summed E-state index contributed by atoms with van der Waals surface area (Å²) in [6.45, 7) is 0. The van der Waals surface area contributed by atoms with Crippen molar-refractivity contribution in [1.82, 2.24) is 9.97 Å². The molecule has 0 saturated heterocycles. The Kier molecular flexibility index (Phi) is 2.03. The molecule has 1 aliphatic carbocycles. The van der Waals surface area contributed by atoms with Gasteiger partial charge in [0.05, 0.1) is 5.69 Å². The van der Waals surface area contributed by atoms with Gasteiger partial charge in [-0.15, -0.1) is 0 Å². The van der Waals surface area contributed by atoms with Crippen LogP contribution >= 0.6 is 11.6 Å². The number of amides is 1. The van der Waals surface area contributed by atoms with Crippen molar-refractivity contribution in [2.75, 3.05) is 0 Å². The van der Waals surface area contributed by atoms with Crippen LogP contribution in [0.4, 0.5) is 4.79 Å². The molecule has 2 rings (SSSR count). The zero-order chi connectivity index (χ0) is 10.2. The van der Waals surface area contributed by atoms with Crippen molar-refractivity contribution in [3.63, 3.8) is 0 Å². The Morgan fingerprint density at radius 1 is 1.64 bits per heavy atom. The first-order valence-electron chi connectivity index (χ1n) is 4.10. The van der Waals surface area contributed by atoms with E-state index in [9.17, 15) is 4.79 Å². The van der Waals surface area contributed by atoms with Gasteiger partial charge in [-0.25, -0.2) is 14.8 Å². The lowest BCUT2D eigenvalue weighted by Gasteiger charge is -2.13. The summed E-state index contributed by atoms with van der Waals surface area (Å²) < 4.78 is 4.98. The second kappa shape index (κ2) is 3.09. The SMILES string of the molecule is NC(=O)OC1(c2ccnc(Cl)n2)CC1. The van der Waals surface area contributed by atoms with Crippen molar-refractivity contribution in [2.45, 2.75) is 18.4 Å². The van der Waals surface area contributed by atoms with Crippen molar-refractivity contribution in [3.05, 3.63) is 23.2 Å². The maximum Gasteiger partial charge on any atom is 0.405 e. The first kappa shape index (κ1) is 9.21. The lowest BCUT2D eigenvalue weighted by atomic mass is 10.2. The molecule has 1 aromatic heterocycles.